The summed E-state index contributed by atoms with van der Waals surface area (Å²) in [5.74, 6) is 0.943. The molecule has 0 spiro atoms. The summed E-state index contributed by atoms with van der Waals surface area (Å²) >= 11 is 0. The lowest BCUT2D eigenvalue weighted by Crippen LogP contribution is -2.39. The quantitative estimate of drug-likeness (QED) is 0.611. The Bertz CT molecular complexity index is 1240. The predicted molar refractivity (Wildman–Crippen MR) is 123 cm³/mol. The third-order valence-corrected chi connectivity index (χ3v) is 6.07. The van der Waals surface area contributed by atoms with E-state index < -0.39 is 6.43 Å². The van der Waals surface area contributed by atoms with Crippen molar-refractivity contribution < 1.29 is 18.3 Å². The molecule has 1 amide bonds. The molecule has 0 saturated carbocycles. The third-order valence-electron chi connectivity index (χ3n) is 6.07. The Labute approximate surface area is 194 Å². The Hall–Kier alpha value is -3.44. The van der Waals surface area contributed by atoms with Crippen molar-refractivity contribution in [1.29, 1.82) is 0 Å². The van der Waals surface area contributed by atoms with Gasteiger partial charge in [-0.1, -0.05) is 18.2 Å². The van der Waals surface area contributed by atoms with Crippen LogP contribution in [0.5, 0.6) is 0 Å². The number of anilines is 1. The number of rotatable bonds is 5. The van der Waals surface area contributed by atoms with Gasteiger partial charge in [0.2, 0.25) is 5.91 Å². The van der Waals surface area contributed by atoms with Crippen LogP contribution in [0.15, 0.2) is 36.4 Å². The first-order chi connectivity index (χ1) is 16.5. The molecule has 4 heterocycles. The van der Waals surface area contributed by atoms with Crippen LogP contribution in [0.1, 0.15) is 24.5 Å². The van der Waals surface area contributed by atoms with Gasteiger partial charge in [-0.15, -0.1) is 0 Å². The topological polar surface area (TPSA) is 102 Å². The largest absolute Gasteiger partial charge is 0.378 e. The van der Waals surface area contributed by atoms with E-state index in [1.54, 1.807) is 35.2 Å². The summed E-state index contributed by atoms with van der Waals surface area (Å²) in [5, 5.41) is 0. The number of benzene rings is 1. The molecular formula is C23H25F2N7O2. The van der Waals surface area contributed by atoms with Crippen LogP contribution in [0.3, 0.4) is 0 Å². The van der Waals surface area contributed by atoms with Crippen LogP contribution in [-0.2, 0) is 9.53 Å². The zero-order chi connectivity index (χ0) is 23.7. The van der Waals surface area contributed by atoms with Crippen LogP contribution < -0.4 is 10.6 Å². The van der Waals surface area contributed by atoms with Crippen molar-refractivity contribution in [2.75, 3.05) is 50.8 Å². The number of carbonyl (C=O) groups is 1. The zero-order valence-corrected chi connectivity index (χ0v) is 18.5. The molecule has 0 unspecified atom stereocenters. The molecule has 3 aromatic rings. The highest BCUT2D eigenvalue weighted by Gasteiger charge is 2.25. The van der Waals surface area contributed by atoms with Crippen molar-refractivity contribution in [3.05, 3.63) is 48.1 Å². The Morgan fingerprint density at radius 3 is 2.56 bits per heavy atom. The first-order valence-corrected chi connectivity index (χ1v) is 11.2. The summed E-state index contributed by atoms with van der Waals surface area (Å²) in [4.78, 5) is 29.3. The molecule has 9 nitrogen and oxygen atoms in total. The number of carbonyl (C=O) groups excluding carboxylic acids is 1. The Kier molecular flexibility index (Phi) is 6.20. The van der Waals surface area contributed by atoms with E-state index >= 15 is 0 Å². The molecule has 2 aliphatic heterocycles. The van der Waals surface area contributed by atoms with Gasteiger partial charge in [-0.3, -0.25) is 9.36 Å². The molecule has 1 saturated heterocycles. The number of amides is 1. The van der Waals surface area contributed by atoms with Crippen molar-refractivity contribution in [1.82, 2.24) is 24.4 Å². The van der Waals surface area contributed by atoms with Crippen molar-refractivity contribution in [3.8, 4) is 5.82 Å². The minimum Gasteiger partial charge on any atom is -0.378 e. The fraction of sp³-hybridized carbons (Fsp3) is 0.391. The van der Waals surface area contributed by atoms with Gasteiger partial charge in [-0.05, 0) is 24.1 Å². The number of halogens is 2. The first-order valence-electron chi connectivity index (χ1n) is 11.2. The summed E-state index contributed by atoms with van der Waals surface area (Å²) in [6, 6.07) is 8.73. The van der Waals surface area contributed by atoms with Gasteiger partial charge in [-0.2, -0.15) is 0 Å². The van der Waals surface area contributed by atoms with Crippen molar-refractivity contribution in [3.63, 3.8) is 0 Å². The second kappa shape index (κ2) is 9.43. The van der Waals surface area contributed by atoms with Crippen molar-refractivity contribution in [2.24, 2.45) is 5.73 Å². The molecule has 34 heavy (non-hydrogen) atoms. The van der Waals surface area contributed by atoms with Crippen LogP contribution in [0, 0.1) is 0 Å². The fourth-order valence-electron chi connectivity index (χ4n) is 4.29. The van der Waals surface area contributed by atoms with Crippen molar-refractivity contribution >= 4 is 28.3 Å². The number of imidazole rings is 1. The first kappa shape index (κ1) is 22.4. The van der Waals surface area contributed by atoms with E-state index in [2.05, 4.69) is 9.88 Å². The molecule has 1 aromatic carbocycles. The van der Waals surface area contributed by atoms with Gasteiger partial charge in [0, 0.05) is 32.2 Å². The van der Waals surface area contributed by atoms with Crippen molar-refractivity contribution in [2.45, 2.75) is 12.8 Å². The minimum absolute atomic E-state index is 0.0412. The number of nitrogens with zero attached hydrogens (tertiary/aromatic N) is 6. The Balaban J connectivity index is 1.63. The number of morpholine rings is 1. The highest BCUT2D eigenvalue weighted by molar-refractivity contribution is 5.80. The normalized spacial score (nSPS) is 16.9. The lowest BCUT2D eigenvalue weighted by Gasteiger charge is -2.29. The minimum atomic E-state index is -2.78. The Morgan fingerprint density at radius 2 is 1.85 bits per heavy atom. The number of alkyl halides is 2. The highest BCUT2D eigenvalue weighted by Crippen LogP contribution is 2.30. The average molecular weight is 469 g/mol. The molecule has 11 heteroatoms. The number of hydrogen-bond acceptors (Lipinski definition) is 7. The van der Waals surface area contributed by atoms with Crippen LogP contribution in [0.4, 0.5) is 14.6 Å². The molecule has 0 bridgehead atoms. The van der Waals surface area contributed by atoms with Gasteiger partial charge < -0.3 is 20.3 Å². The molecule has 0 aliphatic carbocycles. The van der Waals surface area contributed by atoms with E-state index in [1.807, 2.05) is 6.08 Å². The number of fused-ring (bicyclic) bond motifs is 1. The molecule has 178 valence electrons. The second-order valence-electron chi connectivity index (χ2n) is 8.13. The number of aromatic nitrogens is 4. The fourth-order valence-corrected chi connectivity index (χ4v) is 4.29. The monoisotopic (exact) mass is 469 g/mol. The van der Waals surface area contributed by atoms with Gasteiger partial charge in [0.05, 0.1) is 30.8 Å². The third kappa shape index (κ3) is 4.24. The molecule has 5 rings (SSSR count). The number of ether oxygens (including phenoxy) is 1. The molecule has 0 radical (unpaired) electrons. The molecule has 2 aromatic heterocycles. The van der Waals surface area contributed by atoms with E-state index in [1.165, 1.54) is 4.57 Å². The van der Waals surface area contributed by atoms with Gasteiger partial charge in [-0.25, -0.2) is 23.7 Å². The summed E-state index contributed by atoms with van der Waals surface area (Å²) < 4.78 is 34.9. The molecule has 2 aliphatic rings. The van der Waals surface area contributed by atoms with Gasteiger partial charge in [0.15, 0.2) is 11.6 Å². The van der Waals surface area contributed by atoms with E-state index in [4.69, 9.17) is 20.4 Å². The summed E-state index contributed by atoms with van der Waals surface area (Å²) in [6.07, 6.45) is -0.328. The highest BCUT2D eigenvalue weighted by atomic mass is 19.3. The summed E-state index contributed by atoms with van der Waals surface area (Å²) in [7, 11) is 0. The van der Waals surface area contributed by atoms with Gasteiger partial charge in [0.1, 0.15) is 11.6 Å². The molecule has 1 fully saturated rings. The maximum Gasteiger partial charge on any atom is 0.296 e. The summed E-state index contributed by atoms with van der Waals surface area (Å²) in [5.41, 5.74) is 7.37. The smallest absolute Gasteiger partial charge is 0.296 e. The molecule has 0 atom stereocenters. The van der Waals surface area contributed by atoms with Crippen LogP contribution >= 0.6 is 0 Å². The van der Waals surface area contributed by atoms with Gasteiger partial charge >= 0.3 is 0 Å². The zero-order valence-electron chi connectivity index (χ0n) is 18.5. The molecular weight excluding hydrogens is 444 g/mol. The van der Waals surface area contributed by atoms with E-state index in [0.717, 1.165) is 5.57 Å². The van der Waals surface area contributed by atoms with Crippen LogP contribution in [0.2, 0.25) is 0 Å². The standard InChI is InChI=1S/C23H25F2N7O2/c24-21(25)23-27-16-3-1-2-4-17(16)32(23)19-13-18(30-9-11-34-12-10-30)28-22(29-19)15-5-7-31(8-6-15)20(33)14-26/h1-5,13,21H,6-12,14,26H2. The second-order valence-corrected chi connectivity index (χ2v) is 8.13. The van der Waals surface area contributed by atoms with E-state index in [0.29, 0.717) is 74.3 Å². The number of nitrogens with two attached hydrogens (primary N) is 1. The SMILES string of the molecule is NCC(=O)N1CC=C(c2nc(N3CCOCC3)cc(-n3c(C(F)F)nc4ccccc43)n2)CC1. The lowest BCUT2D eigenvalue weighted by molar-refractivity contribution is -0.129. The molecule has 2 N–H and O–H groups in total. The lowest BCUT2D eigenvalue weighted by atomic mass is 10.1. The number of para-hydroxylation sites is 2. The van der Waals surface area contributed by atoms with E-state index in [9.17, 15) is 13.6 Å². The Morgan fingerprint density at radius 1 is 1.09 bits per heavy atom. The van der Waals surface area contributed by atoms with Crippen LogP contribution in [-0.4, -0.2) is 76.3 Å². The maximum atomic E-state index is 14.0. The predicted octanol–water partition coefficient (Wildman–Crippen LogP) is 2.16. The van der Waals surface area contributed by atoms with Crippen LogP contribution in [0.25, 0.3) is 22.4 Å². The average Bonchev–Trinajstić information content (AvgIpc) is 3.29. The van der Waals surface area contributed by atoms with E-state index in [-0.39, 0.29) is 18.3 Å². The summed E-state index contributed by atoms with van der Waals surface area (Å²) in [6.45, 7) is 3.26. The number of hydrogen-bond donors (Lipinski definition) is 1. The van der Waals surface area contributed by atoms with Gasteiger partial charge in [0.25, 0.3) is 6.43 Å². The maximum absolute atomic E-state index is 14.0.